The number of carbonyl (C=O) groups is 2. The van der Waals surface area contributed by atoms with Crippen LogP contribution in [-0.2, 0) is 32.6 Å². The van der Waals surface area contributed by atoms with E-state index in [-0.39, 0.29) is 29.8 Å². The molecule has 0 aliphatic carbocycles. The number of hydrogen-bond acceptors (Lipinski definition) is 4. The maximum absolute atomic E-state index is 14.5. The van der Waals surface area contributed by atoms with Gasteiger partial charge in [0.2, 0.25) is 11.8 Å². The van der Waals surface area contributed by atoms with Gasteiger partial charge in [-0.15, -0.1) is 0 Å². The molecule has 0 fully saturated rings. The number of amides is 2. The average Bonchev–Trinajstić information content (AvgIpc) is 3.04. The van der Waals surface area contributed by atoms with Crippen LogP contribution in [0.15, 0.2) is 112 Å². The van der Waals surface area contributed by atoms with Gasteiger partial charge in [0.05, 0.1) is 20.6 Å². The van der Waals surface area contributed by atoms with E-state index in [0.717, 1.165) is 14.3 Å². The molecule has 2 atom stereocenters. The van der Waals surface area contributed by atoms with E-state index < -0.39 is 28.5 Å². The summed E-state index contributed by atoms with van der Waals surface area (Å²) < 4.78 is 29.9. The van der Waals surface area contributed by atoms with Crippen LogP contribution in [0.25, 0.3) is 0 Å². The monoisotopic (exact) mass is 729 g/mol. The van der Waals surface area contributed by atoms with Crippen LogP contribution in [0.1, 0.15) is 31.4 Å². The molecule has 1 N–H and O–H groups in total. The Bertz CT molecular complexity index is 1710. The lowest BCUT2D eigenvalue weighted by molar-refractivity contribution is -0.140. The highest BCUT2D eigenvalue weighted by Gasteiger charge is 2.35. The number of nitrogens with zero attached hydrogens (tertiary/aromatic N) is 2. The van der Waals surface area contributed by atoms with Gasteiger partial charge in [-0.1, -0.05) is 101 Å². The summed E-state index contributed by atoms with van der Waals surface area (Å²) in [7, 11) is -4.18. The summed E-state index contributed by atoms with van der Waals surface area (Å²) in [5.74, 6) is -0.911. The van der Waals surface area contributed by atoms with Crippen molar-refractivity contribution in [1.29, 1.82) is 0 Å². The predicted octanol–water partition coefficient (Wildman–Crippen LogP) is 7.51. The molecule has 0 heterocycles. The van der Waals surface area contributed by atoms with Gasteiger partial charge in [0, 0.05) is 23.5 Å². The van der Waals surface area contributed by atoms with E-state index >= 15 is 0 Å². The van der Waals surface area contributed by atoms with Crippen LogP contribution < -0.4 is 9.62 Å². The van der Waals surface area contributed by atoms with Crippen LogP contribution >= 0.6 is 39.1 Å². The lowest BCUT2D eigenvalue weighted by atomic mass is 10.0. The van der Waals surface area contributed by atoms with Crippen molar-refractivity contribution in [3.05, 3.63) is 129 Å². The van der Waals surface area contributed by atoms with E-state index in [2.05, 4.69) is 21.2 Å². The number of anilines is 1. The number of halogens is 3. The fourth-order valence-electron chi connectivity index (χ4n) is 4.69. The normalized spacial score (nSPS) is 12.6. The van der Waals surface area contributed by atoms with Crippen LogP contribution in [0.2, 0.25) is 10.0 Å². The van der Waals surface area contributed by atoms with Crippen LogP contribution in [0.3, 0.4) is 0 Å². The number of sulfonamides is 1. The highest BCUT2D eigenvalue weighted by molar-refractivity contribution is 9.10. The lowest BCUT2D eigenvalue weighted by Gasteiger charge is -2.34. The first-order valence-corrected chi connectivity index (χ1v) is 17.4. The van der Waals surface area contributed by atoms with Gasteiger partial charge < -0.3 is 10.2 Å². The van der Waals surface area contributed by atoms with Gasteiger partial charge in [-0.3, -0.25) is 13.9 Å². The Morgan fingerprint density at radius 1 is 0.844 bits per heavy atom. The summed E-state index contributed by atoms with van der Waals surface area (Å²) in [5, 5.41) is 3.67. The first-order valence-electron chi connectivity index (χ1n) is 14.4. The largest absolute Gasteiger partial charge is 0.352 e. The highest BCUT2D eigenvalue weighted by Crippen LogP contribution is 2.28. The van der Waals surface area contributed by atoms with Gasteiger partial charge in [-0.05, 0) is 73.0 Å². The molecule has 0 unspecified atom stereocenters. The summed E-state index contributed by atoms with van der Waals surface area (Å²) in [6.07, 6.45) is 0.900. The number of hydrogen-bond donors (Lipinski definition) is 1. The van der Waals surface area contributed by atoms with E-state index in [1.807, 2.05) is 44.2 Å². The number of nitrogens with one attached hydrogen (secondary N) is 1. The Hall–Kier alpha value is -3.37. The molecule has 0 bridgehead atoms. The van der Waals surface area contributed by atoms with Crippen LogP contribution in [0, 0.1) is 0 Å². The van der Waals surface area contributed by atoms with Gasteiger partial charge in [0.15, 0.2) is 0 Å². The quantitative estimate of drug-likeness (QED) is 0.154. The Morgan fingerprint density at radius 2 is 1.47 bits per heavy atom. The molecule has 4 rings (SSSR count). The Balaban J connectivity index is 1.81. The topological polar surface area (TPSA) is 86.8 Å². The molecule has 0 aliphatic heterocycles. The molecular formula is C34H34BrCl2N3O4S. The number of rotatable bonds is 13. The van der Waals surface area contributed by atoms with E-state index in [1.165, 1.54) is 17.0 Å². The van der Waals surface area contributed by atoms with E-state index in [9.17, 15) is 18.0 Å². The van der Waals surface area contributed by atoms with Gasteiger partial charge in [-0.25, -0.2) is 8.42 Å². The van der Waals surface area contributed by atoms with Crippen LogP contribution in [-0.4, -0.2) is 43.8 Å². The molecule has 0 saturated heterocycles. The lowest BCUT2D eigenvalue weighted by Crippen LogP contribution is -2.54. The minimum absolute atomic E-state index is 0.0132. The van der Waals surface area contributed by atoms with Crippen molar-refractivity contribution in [1.82, 2.24) is 10.2 Å². The molecule has 11 heteroatoms. The SMILES string of the molecule is CC[C@H](C)NC(=O)[C@H](Cc1ccccc1)N(Cc1ccc(Cl)c(Cl)c1)C(=O)CN(c1ccc(Br)cc1)S(=O)(=O)c1ccccc1. The van der Waals surface area contributed by atoms with Crippen molar-refractivity contribution >= 4 is 66.7 Å². The summed E-state index contributed by atoms with van der Waals surface area (Å²) >= 11 is 15.9. The summed E-state index contributed by atoms with van der Waals surface area (Å²) in [6, 6.07) is 27.9. The molecule has 0 radical (unpaired) electrons. The van der Waals surface area contributed by atoms with Crippen molar-refractivity contribution < 1.29 is 18.0 Å². The number of benzene rings is 4. The van der Waals surface area contributed by atoms with Crippen molar-refractivity contribution in [2.24, 2.45) is 0 Å². The molecule has 4 aromatic carbocycles. The van der Waals surface area contributed by atoms with Gasteiger partial charge in [0.25, 0.3) is 10.0 Å². The second-order valence-electron chi connectivity index (χ2n) is 10.6. The Morgan fingerprint density at radius 3 is 2.07 bits per heavy atom. The van der Waals surface area contributed by atoms with Gasteiger partial charge in [-0.2, -0.15) is 0 Å². The van der Waals surface area contributed by atoms with Crippen LogP contribution in [0.4, 0.5) is 5.69 Å². The third-order valence-electron chi connectivity index (χ3n) is 7.33. The Labute approximate surface area is 283 Å². The first kappa shape index (κ1) is 34.5. The molecule has 0 aliphatic rings. The summed E-state index contributed by atoms with van der Waals surface area (Å²) in [4.78, 5) is 29.8. The maximum Gasteiger partial charge on any atom is 0.264 e. The van der Waals surface area contributed by atoms with E-state index in [0.29, 0.717) is 27.7 Å². The van der Waals surface area contributed by atoms with Crippen LogP contribution in [0.5, 0.6) is 0 Å². The van der Waals surface area contributed by atoms with E-state index in [4.69, 9.17) is 23.2 Å². The maximum atomic E-state index is 14.5. The molecule has 2 amide bonds. The zero-order chi connectivity index (χ0) is 32.6. The molecular weight excluding hydrogens is 697 g/mol. The minimum atomic E-state index is -4.18. The molecule has 0 saturated carbocycles. The zero-order valence-electron chi connectivity index (χ0n) is 24.9. The second kappa shape index (κ2) is 15.8. The average molecular weight is 732 g/mol. The summed E-state index contributed by atoms with van der Waals surface area (Å²) in [5.41, 5.74) is 1.78. The fourth-order valence-corrected chi connectivity index (χ4v) is 6.71. The first-order chi connectivity index (χ1) is 21.5. The molecule has 236 valence electrons. The second-order valence-corrected chi connectivity index (χ2v) is 14.2. The number of carbonyl (C=O) groups excluding carboxylic acids is 2. The molecule has 7 nitrogen and oxygen atoms in total. The molecule has 0 spiro atoms. The standard InChI is InChI=1S/C34H34BrCl2N3O4S/c1-3-24(2)38-34(42)32(21-25-10-6-4-7-11-25)39(22-26-14-19-30(36)31(37)20-26)33(41)23-40(28-17-15-27(35)16-18-28)45(43,44)29-12-8-5-9-13-29/h4-20,24,32H,3,21-23H2,1-2H3,(H,38,42)/t24-,32-/m0/s1. The predicted molar refractivity (Wildman–Crippen MR) is 184 cm³/mol. The smallest absolute Gasteiger partial charge is 0.264 e. The molecule has 0 aromatic heterocycles. The van der Waals surface area contributed by atoms with Gasteiger partial charge in [0.1, 0.15) is 12.6 Å². The Kier molecular flexibility index (Phi) is 12.1. The molecule has 45 heavy (non-hydrogen) atoms. The summed E-state index contributed by atoms with van der Waals surface area (Å²) in [6.45, 7) is 3.29. The third-order valence-corrected chi connectivity index (χ3v) is 10.4. The molecule has 4 aromatic rings. The highest BCUT2D eigenvalue weighted by atomic mass is 79.9. The van der Waals surface area contributed by atoms with E-state index in [1.54, 1.807) is 60.7 Å². The van der Waals surface area contributed by atoms with Gasteiger partial charge >= 0.3 is 0 Å². The third kappa shape index (κ3) is 9.10. The van der Waals surface area contributed by atoms with Crippen molar-refractivity contribution in [3.8, 4) is 0 Å². The fraction of sp³-hybridized carbons (Fsp3) is 0.235. The zero-order valence-corrected chi connectivity index (χ0v) is 28.8. The van der Waals surface area contributed by atoms with Crippen molar-refractivity contribution in [3.63, 3.8) is 0 Å². The van der Waals surface area contributed by atoms with Crippen molar-refractivity contribution in [2.75, 3.05) is 10.8 Å². The van der Waals surface area contributed by atoms with Crippen molar-refractivity contribution in [2.45, 2.75) is 50.2 Å². The minimum Gasteiger partial charge on any atom is -0.352 e.